The van der Waals surface area contributed by atoms with E-state index in [4.69, 9.17) is 5.73 Å². The first kappa shape index (κ1) is 16.8. The first-order valence-corrected chi connectivity index (χ1v) is 8.49. The van der Waals surface area contributed by atoms with Crippen LogP contribution in [0.2, 0.25) is 0 Å². The Kier molecular flexibility index (Phi) is 6.68. The number of likely N-dealkylation sites (N-methyl/N-ethyl adjacent to an activating group) is 1. The molecule has 1 aliphatic heterocycles. The first-order valence-electron chi connectivity index (χ1n) is 7.05. The summed E-state index contributed by atoms with van der Waals surface area (Å²) >= 11 is 0. The van der Waals surface area contributed by atoms with Gasteiger partial charge in [-0.3, -0.25) is 0 Å². The number of hydrogen-bond acceptors (Lipinski definition) is 4. The van der Waals surface area contributed by atoms with E-state index >= 15 is 0 Å². The maximum Gasteiger partial charge on any atom is 0.279 e. The Bertz CT molecular complexity index is 359. The highest BCUT2D eigenvalue weighted by Crippen LogP contribution is 2.18. The van der Waals surface area contributed by atoms with Gasteiger partial charge in [0.1, 0.15) is 0 Å². The fourth-order valence-electron chi connectivity index (χ4n) is 2.22. The van der Waals surface area contributed by atoms with Crippen molar-refractivity contribution in [3.63, 3.8) is 0 Å². The van der Waals surface area contributed by atoms with Gasteiger partial charge in [0.15, 0.2) is 0 Å². The van der Waals surface area contributed by atoms with E-state index in [1.54, 1.807) is 0 Å². The Morgan fingerprint density at radius 1 is 1.42 bits per heavy atom. The predicted molar refractivity (Wildman–Crippen MR) is 78.1 cm³/mol. The van der Waals surface area contributed by atoms with Crippen LogP contribution >= 0.6 is 0 Å². The second-order valence-electron chi connectivity index (χ2n) is 5.47. The molecule has 0 amide bonds. The zero-order valence-electron chi connectivity index (χ0n) is 12.3. The fraction of sp³-hybridized carbons (Fsp3) is 1.00. The van der Waals surface area contributed by atoms with E-state index in [2.05, 4.69) is 23.5 Å². The number of nitrogens with zero attached hydrogens (tertiary/aromatic N) is 2. The Balaban J connectivity index is 2.50. The van der Waals surface area contributed by atoms with Gasteiger partial charge in [-0.1, -0.05) is 6.42 Å². The Labute approximate surface area is 117 Å². The first-order chi connectivity index (χ1) is 8.88. The van der Waals surface area contributed by atoms with Crippen LogP contribution < -0.4 is 10.5 Å². The minimum absolute atomic E-state index is 0.0471. The highest BCUT2D eigenvalue weighted by molar-refractivity contribution is 7.87. The van der Waals surface area contributed by atoms with E-state index in [0.29, 0.717) is 32.2 Å². The molecule has 0 aromatic rings. The minimum Gasteiger partial charge on any atom is -0.329 e. The molecule has 1 heterocycles. The second-order valence-corrected chi connectivity index (χ2v) is 7.18. The Hall–Kier alpha value is -0.210. The zero-order valence-corrected chi connectivity index (χ0v) is 13.1. The van der Waals surface area contributed by atoms with Crippen molar-refractivity contribution in [3.8, 4) is 0 Å². The number of nitrogens with two attached hydrogens (primary N) is 1. The Morgan fingerprint density at radius 3 is 2.68 bits per heavy atom. The molecule has 0 aliphatic carbocycles. The number of piperidine rings is 1. The molecule has 6 nitrogen and oxygen atoms in total. The number of nitrogens with one attached hydrogen (secondary N) is 1. The summed E-state index contributed by atoms with van der Waals surface area (Å²) in [5.41, 5.74) is 5.66. The summed E-state index contributed by atoms with van der Waals surface area (Å²) in [5.74, 6) is 0. The van der Waals surface area contributed by atoms with Gasteiger partial charge in [0.25, 0.3) is 10.2 Å². The molecule has 1 aliphatic rings. The van der Waals surface area contributed by atoms with Gasteiger partial charge in [0, 0.05) is 38.3 Å². The van der Waals surface area contributed by atoms with Crippen LogP contribution in [0.1, 0.15) is 33.1 Å². The third kappa shape index (κ3) is 5.00. The van der Waals surface area contributed by atoms with Crippen molar-refractivity contribution < 1.29 is 8.42 Å². The summed E-state index contributed by atoms with van der Waals surface area (Å²) < 4.78 is 28.7. The van der Waals surface area contributed by atoms with Crippen molar-refractivity contribution in [1.82, 2.24) is 13.9 Å². The third-order valence-electron chi connectivity index (χ3n) is 3.78. The average Bonchev–Trinajstić information content (AvgIpc) is 2.38. The molecule has 0 radical (unpaired) electrons. The molecule has 1 atom stereocenters. The van der Waals surface area contributed by atoms with Gasteiger partial charge in [-0.15, -0.1) is 0 Å². The maximum atomic E-state index is 12.2. The summed E-state index contributed by atoms with van der Waals surface area (Å²) in [6.07, 6.45) is 2.84. The summed E-state index contributed by atoms with van der Waals surface area (Å²) in [6, 6.07) is 0.366. The molecule has 1 fully saturated rings. The second kappa shape index (κ2) is 7.54. The lowest BCUT2D eigenvalue weighted by Gasteiger charge is -2.34. The van der Waals surface area contributed by atoms with Crippen molar-refractivity contribution in [2.45, 2.75) is 45.2 Å². The SMILES string of the molecule is CC(C)N(C)CCNS(=O)(=O)N1CCCCC1CN. The standard InChI is InChI=1S/C12H28N4O2S/c1-11(2)15(3)9-7-14-19(17,18)16-8-5-4-6-12(16)10-13/h11-12,14H,4-10,13H2,1-3H3. The summed E-state index contributed by atoms with van der Waals surface area (Å²) in [5, 5.41) is 0. The highest BCUT2D eigenvalue weighted by Gasteiger charge is 2.30. The van der Waals surface area contributed by atoms with Crippen LogP contribution in [0.25, 0.3) is 0 Å². The molecule has 3 N–H and O–H groups in total. The predicted octanol–water partition coefficient (Wildman–Crippen LogP) is -0.0258. The lowest BCUT2D eigenvalue weighted by Crippen LogP contribution is -2.52. The lowest BCUT2D eigenvalue weighted by atomic mass is 10.1. The molecular formula is C12H28N4O2S. The van der Waals surface area contributed by atoms with Crippen LogP contribution in [0, 0.1) is 0 Å². The molecule has 114 valence electrons. The molecule has 0 saturated carbocycles. The summed E-state index contributed by atoms with van der Waals surface area (Å²) in [6.45, 7) is 6.29. The molecule has 19 heavy (non-hydrogen) atoms. The van der Waals surface area contributed by atoms with Gasteiger partial charge < -0.3 is 10.6 Å². The minimum atomic E-state index is -3.39. The van der Waals surface area contributed by atoms with E-state index in [1.165, 1.54) is 4.31 Å². The van der Waals surface area contributed by atoms with Crippen molar-refractivity contribution in [1.29, 1.82) is 0 Å². The van der Waals surface area contributed by atoms with E-state index in [0.717, 1.165) is 19.3 Å². The largest absolute Gasteiger partial charge is 0.329 e. The lowest BCUT2D eigenvalue weighted by molar-refractivity contribution is 0.250. The van der Waals surface area contributed by atoms with Gasteiger partial charge in [-0.05, 0) is 33.7 Å². The molecule has 7 heteroatoms. The topological polar surface area (TPSA) is 78.7 Å². The number of hydrogen-bond donors (Lipinski definition) is 2. The summed E-state index contributed by atoms with van der Waals surface area (Å²) in [4.78, 5) is 2.11. The van der Waals surface area contributed by atoms with Gasteiger partial charge in [-0.25, -0.2) is 4.72 Å². The zero-order chi connectivity index (χ0) is 14.5. The maximum absolute atomic E-state index is 12.2. The fourth-order valence-corrected chi connectivity index (χ4v) is 3.69. The molecule has 1 unspecified atom stereocenters. The van der Waals surface area contributed by atoms with E-state index in [-0.39, 0.29) is 6.04 Å². The van der Waals surface area contributed by atoms with Gasteiger partial charge in [-0.2, -0.15) is 12.7 Å². The van der Waals surface area contributed by atoms with Crippen molar-refractivity contribution >= 4 is 10.2 Å². The van der Waals surface area contributed by atoms with Crippen LogP contribution in [-0.4, -0.2) is 62.9 Å². The third-order valence-corrected chi connectivity index (χ3v) is 5.45. The van der Waals surface area contributed by atoms with Gasteiger partial charge >= 0.3 is 0 Å². The highest BCUT2D eigenvalue weighted by atomic mass is 32.2. The molecule has 0 bridgehead atoms. The monoisotopic (exact) mass is 292 g/mol. The van der Waals surface area contributed by atoms with Crippen LogP contribution in [0.3, 0.4) is 0 Å². The smallest absolute Gasteiger partial charge is 0.279 e. The molecule has 0 aromatic carbocycles. The molecule has 0 aromatic heterocycles. The average molecular weight is 292 g/mol. The van der Waals surface area contributed by atoms with Crippen LogP contribution in [0.4, 0.5) is 0 Å². The quantitative estimate of drug-likeness (QED) is 0.691. The molecule has 0 spiro atoms. The van der Waals surface area contributed by atoms with Gasteiger partial charge in [0.2, 0.25) is 0 Å². The van der Waals surface area contributed by atoms with E-state index < -0.39 is 10.2 Å². The molecule has 1 rings (SSSR count). The molecule has 1 saturated heterocycles. The van der Waals surface area contributed by atoms with Crippen LogP contribution in [0.15, 0.2) is 0 Å². The molecular weight excluding hydrogens is 264 g/mol. The summed E-state index contributed by atoms with van der Waals surface area (Å²) in [7, 11) is -1.40. The van der Waals surface area contributed by atoms with Gasteiger partial charge in [0.05, 0.1) is 0 Å². The van der Waals surface area contributed by atoms with E-state index in [9.17, 15) is 8.42 Å². The normalized spacial score (nSPS) is 22.3. The van der Waals surface area contributed by atoms with Crippen molar-refractivity contribution in [2.24, 2.45) is 5.73 Å². The van der Waals surface area contributed by atoms with Crippen molar-refractivity contribution in [3.05, 3.63) is 0 Å². The Morgan fingerprint density at radius 2 is 2.11 bits per heavy atom. The van der Waals surface area contributed by atoms with Crippen LogP contribution in [0.5, 0.6) is 0 Å². The van der Waals surface area contributed by atoms with E-state index in [1.807, 2.05) is 7.05 Å². The number of rotatable bonds is 7. The van der Waals surface area contributed by atoms with Crippen LogP contribution in [-0.2, 0) is 10.2 Å². The van der Waals surface area contributed by atoms with Crippen molar-refractivity contribution in [2.75, 3.05) is 33.2 Å².